The molecule has 0 saturated carbocycles. The van der Waals surface area contributed by atoms with E-state index in [9.17, 15) is 14.4 Å². The van der Waals surface area contributed by atoms with Gasteiger partial charge >= 0.3 is 11.9 Å². The second-order valence-corrected chi connectivity index (χ2v) is 10.2. The Kier molecular flexibility index (Phi) is 9.53. The van der Waals surface area contributed by atoms with Crippen LogP contribution in [0.25, 0.3) is 0 Å². The van der Waals surface area contributed by atoms with Gasteiger partial charge in [-0.25, -0.2) is 4.79 Å². The maximum absolute atomic E-state index is 13.9. The molecule has 0 saturated heterocycles. The van der Waals surface area contributed by atoms with Crippen molar-refractivity contribution in [2.45, 2.75) is 33.1 Å². The highest BCUT2D eigenvalue weighted by molar-refractivity contribution is 7.99. The van der Waals surface area contributed by atoms with Crippen LogP contribution in [0.2, 0.25) is 0 Å². The first-order chi connectivity index (χ1) is 17.7. The molecule has 0 radical (unpaired) electrons. The normalized spacial score (nSPS) is 21.2. The average molecular weight is 534 g/mol. The number of ether oxygens (including phenoxy) is 5. The van der Waals surface area contributed by atoms with E-state index in [2.05, 4.69) is 5.32 Å². The van der Waals surface area contributed by atoms with Crippen LogP contribution < -0.4 is 19.5 Å². The summed E-state index contributed by atoms with van der Waals surface area (Å²) in [6.07, 6.45) is 0.439. The van der Waals surface area contributed by atoms with Crippen molar-refractivity contribution in [1.82, 2.24) is 5.32 Å². The first-order valence-corrected chi connectivity index (χ1v) is 13.3. The molecule has 37 heavy (non-hydrogen) atoms. The van der Waals surface area contributed by atoms with Crippen molar-refractivity contribution in [3.63, 3.8) is 0 Å². The highest BCUT2D eigenvalue weighted by Gasteiger charge is 2.47. The molecular weight excluding hydrogens is 498 g/mol. The van der Waals surface area contributed by atoms with E-state index in [0.29, 0.717) is 57.5 Å². The van der Waals surface area contributed by atoms with Crippen molar-refractivity contribution in [1.29, 1.82) is 0 Å². The van der Waals surface area contributed by atoms with E-state index in [1.54, 1.807) is 30.8 Å². The van der Waals surface area contributed by atoms with Crippen LogP contribution in [0.1, 0.15) is 38.7 Å². The third-order valence-corrected chi connectivity index (χ3v) is 7.51. The molecule has 0 aromatic heterocycles. The molecule has 2 aliphatic rings. The van der Waals surface area contributed by atoms with E-state index < -0.39 is 23.8 Å². The molecule has 0 fully saturated rings. The lowest BCUT2D eigenvalue weighted by Crippen LogP contribution is -2.43. The largest absolute Gasteiger partial charge is 0.493 e. The lowest BCUT2D eigenvalue weighted by Gasteiger charge is -2.38. The zero-order valence-electron chi connectivity index (χ0n) is 22.4. The summed E-state index contributed by atoms with van der Waals surface area (Å²) in [5, 5.41) is 3.26. The van der Waals surface area contributed by atoms with Gasteiger partial charge in [0.25, 0.3) is 0 Å². The predicted molar refractivity (Wildman–Crippen MR) is 140 cm³/mol. The van der Waals surface area contributed by atoms with Gasteiger partial charge in [0.05, 0.1) is 34.0 Å². The third kappa shape index (κ3) is 5.58. The standard InChI is InChI=1S/C27H35NO8S/c1-8-37-10-9-36-27(31)21-15(3)28-17-11-14(2)20(26(30)35-7)24(29)23(17)22(21)16-12-18(32-4)25(34-6)19(13-16)33-5/h12-14,20,22,28H,8-11H2,1-7H3. The molecule has 1 heterocycles. The summed E-state index contributed by atoms with van der Waals surface area (Å²) < 4.78 is 27.2. The fraction of sp³-hybridized carbons (Fsp3) is 0.519. The Labute approximate surface area is 221 Å². The maximum atomic E-state index is 13.9. The minimum atomic E-state index is -0.980. The molecule has 0 spiro atoms. The highest BCUT2D eigenvalue weighted by Crippen LogP contribution is 2.49. The number of esters is 2. The van der Waals surface area contributed by atoms with Gasteiger partial charge in [0, 0.05) is 28.6 Å². The van der Waals surface area contributed by atoms with Gasteiger partial charge < -0.3 is 29.0 Å². The number of hydrogen-bond donors (Lipinski definition) is 1. The molecule has 0 amide bonds. The number of methoxy groups -OCH3 is 4. The molecular formula is C27H35NO8S. The van der Waals surface area contributed by atoms with Gasteiger partial charge in [-0.1, -0.05) is 13.8 Å². The summed E-state index contributed by atoms with van der Waals surface area (Å²) in [6.45, 7) is 5.89. The highest BCUT2D eigenvalue weighted by atomic mass is 32.2. The van der Waals surface area contributed by atoms with E-state index >= 15 is 0 Å². The van der Waals surface area contributed by atoms with Gasteiger partial charge in [0.2, 0.25) is 5.75 Å². The van der Waals surface area contributed by atoms with Crippen LogP contribution in [0.5, 0.6) is 17.2 Å². The number of carbonyl (C=O) groups excluding carboxylic acids is 3. The van der Waals surface area contributed by atoms with E-state index in [0.717, 1.165) is 5.75 Å². The average Bonchev–Trinajstić information content (AvgIpc) is 2.88. The second-order valence-electron chi connectivity index (χ2n) is 8.83. The first kappa shape index (κ1) is 28.4. The van der Waals surface area contributed by atoms with Gasteiger partial charge in [-0.15, -0.1) is 0 Å². The van der Waals surface area contributed by atoms with Gasteiger partial charge in [-0.2, -0.15) is 11.8 Å². The van der Waals surface area contributed by atoms with E-state index in [-0.39, 0.29) is 18.3 Å². The lowest BCUT2D eigenvalue weighted by atomic mass is 9.69. The number of hydrogen-bond acceptors (Lipinski definition) is 10. The molecule has 1 aliphatic heterocycles. The Bertz CT molecular complexity index is 1100. The van der Waals surface area contributed by atoms with E-state index in [1.165, 1.54) is 28.4 Å². The SMILES string of the molecule is CCSCCOC(=O)C1=C(C)NC2=C(C(=O)C(C(=O)OC)C(C)C2)C1c1cc(OC)c(OC)c(OC)c1. The molecule has 10 heteroatoms. The fourth-order valence-electron chi connectivity index (χ4n) is 4.97. The van der Waals surface area contributed by atoms with Crippen molar-refractivity contribution in [2.75, 3.05) is 46.6 Å². The summed E-state index contributed by atoms with van der Waals surface area (Å²) in [5.41, 5.74) is 2.46. The number of ketones is 1. The number of Topliss-reactive ketones (excluding diaryl/α,β-unsaturated/α-hetero) is 1. The van der Waals surface area contributed by atoms with Gasteiger partial charge in [0.1, 0.15) is 12.5 Å². The summed E-state index contributed by atoms with van der Waals surface area (Å²) >= 11 is 1.66. The van der Waals surface area contributed by atoms with Crippen LogP contribution in [-0.4, -0.2) is 64.3 Å². The Morgan fingerprint density at radius 1 is 1.08 bits per heavy atom. The topological polar surface area (TPSA) is 109 Å². The number of rotatable bonds is 10. The van der Waals surface area contributed by atoms with E-state index in [4.69, 9.17) is 23.7 Å². The summed E-state index contributed by atoms with van der Waals surface area (Å²) in [6, 6.07) is 3.43. The Balaban J connectivity index is 2.21. The maximum Gasteiger partial charge on any atom is 0.336 e. The summed E-state index contributed by atoms with van der Waals surface area (Å²) in [5.74, 6) is -0.882. The molecule has 1 N–H and O–H groups in total. The zero-order chi connectivity index (χ0) is 27.3. The third-order valence-electron chi connectivity index (χ3n) is 6.65. The van der Waals surface area contributed by atoms with Crippen LogP contribution in [0.3, 0.4) is 0 Å². The molecule has 3 unspecified atom stereocenters. The van der Waals surface area contributed by atoms with Crippen molar-refractivity contribution in [2.24, 2.45) is 11.8 Å². The molecule has 1 aromatic rings. The van der Waals surface area contributed by atoms with E-state index in [1.807, 2.05) is 13.8 Å². The molecule has 202 valence electrons. The van der Waals surface area contributed by atoms with Gasteiger partial charge in [0.15, 0.2) is 17.3 Å². The van der Waals surface area contributed by atoms with Crippen LogP contribution >= 0.6 is 11.8 Å². The summed E-state index contributed by atoms with van der Waals surface area (Å²) in [4.78, 5) is 40.0. The van der Waals surface area contributed by atoms with Crippen LogP contribution in [0, 0.1) is 11.8 Å². The quantitative estimate of drug-likeness (QED) is 0.272. The fourth-order valence-corrected chi connectivity index (χ4v) is 5.46. The number of dihydropyridines is 1. The molecule has 9 nitrogen and oxygen atoms in total. The lowest BCUT2D eigenvalue weighted by molar-refractivity contribution is -0.151. The minimum absolute atomic E-state index is 0.234. The Morgan fingerprint density at radius 2 is 1.73 bits per heavy atom. The summed E-state index contributed by atoms with van der Waals surface area (Å²) in [7, 11) is 5.76. The van der Waals surface area contributed by atoms with Crippen molar-refractivity contribution in [3.05, 3.63) is 40.2 Å². The van der Waals surface area contributed by atoms with Crippen LogP contribution in [0.4, 0.5) is 0 Å². The van der Waals surface area contributed by atoms with Gasteiger partial charge in [-0.3, -0.25) is 9.59 Å². The molecule has 1 aromatic carbocycles. The monoisotopic (exact) mass is 533 g/mol. The predicted octanol–water partition coefficient (Wildman–Crippen LogP) is 3.62. The number of allylic oxidation sites excluding steroid dienone is 3. The van der Waals surface area contributed by atoms with Gasteiger partial charge in [-0.05, 0) is 42.7 Å². The number of thioether (sulfide) groups is 1. The van der Waals surface area contributed by atoms with Crippen molar-refractivity contribution >= 4 is 29.5 Å². The minimum Gasteiger partial charge on any atom is -0.493 e. The second kappa shape index (κ2) is 12.4. The van der Waals surface area contributed by atoms with Crippen LogP contribution in [0.15, 0.2) is 34.7 Å². The number of carbonyl (C=O) groups is 3. The van der Waals surface area contributed by atoms with Crippen LogP contribution in [-0.2, 0) is 23.9 Å². The number of benzene rings is 1. The molecule has 3 rings (SSSR count). The number of nitrogens with one attached hydrogen (secondary N) is 1. The molecule has 0 bridgehead atoms. The smallest absolute Gasteiger partial charge is 0.336 e. The van der Waals surface area contributed by atoms with Crippen molar-refractivity contribution < 1.29 is 38.1 Å². The Morgan fingerprint density at radius 3 is 2.27 bits per heavy atom. The first-order valence-electron chi connectivity index (χ1n) is 12.1. The Hall–Kier alpha value is -3.14. The van der Waals surface area contributed by atoms with Crippen molar-refractivity contribution in [3.8, 4) is 17.2 Å². The molecule has 1 aliphatic carbocycles. The molecule has 3 atom stereocenters. The zero-order valence-corrected chi connectivity index (χ0v) is 23.2.